The van der Waals surface area contributed by atoms with Gasteiger partial charge in [-0.05, 0) is 0 Å². The number of anilines is 1. The van der Waals surface area contributed by atoms with Crippen LogP contribution in [0, 0.1) is 0 Å². The molecule has 5 N–H and O–H groups in total. The second kappa shape index (κ2) is 7.66. The molecule has 2 aromatic heterocycles. The van der Waals surface area contributed by atoms with Crippen molar-refractivity contribution < 1.29 is 21.8 Å². The van der Waals surface area contributed by atoms with E-state index in [9.17, 15) is 13.6 Å². The maximum Gasteiger partial charge on any atom is 0.162 e. The number of aromatic nitrogens is 4. The van der Waals surface area contributed by atoms with Gasteiger partial charge in [0.1, 0.15) is 11.8 Å². The Balaban J connectivity index is 0.000000194. The second-order valence-electron chi connectivity index (χ2n) is 4.66. The van der Waals surface area contributed by atoms with Gasteiger partial charge in [-0.3, -0.25) is 0 Å². The minimum absolute atomic E-state index is 0.225. The molecule has 3 rings (SSSR count). The Labute approximate surface area is 148 Å². The number of carbonyl (C=O) groups excluding carboxylic acids is 1. The normalized spacial score (nSPS) is 10.9. The summed E-state index contributed by atoms with van der Waals surface area (Å²) < 4.78 is 28.8. The van der Waals surface area contributed by atoms with Crippen LogP contribution < -0.4 is 9.67 Å². The third-order valence-corrected chi connectivity index (χ3v) is 5.18. The van der Waals surface area contributed by atoms with Gasteiger partial charge < -0.3 is 4.98 Å². The number of nitrogens with zero attached hydrogens (tertiary/aromatic N) is 3. The molecule has 2 heterocycles. The van der Waals surface area contributed by atoms with Gasteiger partial charge in [0.05, 0.1) is 6.33 Å². The number of H-pyrrole nitrogens is 1. The van der Waals surface area contributed by atoms with Gasteiger partial charge in [0.15, 0.2) is 10.8 Å². The minimum Gasteiger partial charge on any atom is -0.329 e. The number of aromatic hydroxyl groups is 1. The largest absolute Gasteiger partial charge is 0.329 e. The molecule has 25 heavy (non-hydrogen) atoms. The standard InChI is InChI=1S/C8H10AsNO5.C5H3ClN4/c1-5(11)10-8-6(9(13,14)15)3-2-4-7(8)12;6-4-3-5(9-1-7-3)10-2-8-4/h2-4,12H,1H3,(H,10,11)(H2,13,14,15);1-2H,(H,7,8,9,10). The smallest absolute Gasteiger partial charge is 0.162 e. The summed E-state index contributed by atoms with van der Waals surface area (Å²) in [6.45, 7) is 1.18. The van der Waals surface area contributed by atoms with E-state index in [4.69, 9.17) is 19.8 Å². The van der Waals surface area contributed by atoms with Crippen molar-refractivity contribution >= 4 is 52.9 Å². The topological polar surface area (TPSA) is 161 Å². The molecule has 0 atom stereocenters. The van der Waals surface area contributed by atoms with Gasteiger partial charge in [-0.2, -0.15) is 0 Å². The van der Waals surface area contributed by atoms with E-state index < -0.39 is 20.1 Å². The number of halogens is 1. The maximum atomic E-state index is 11.1. The molecule has 0 fully saturated rings. The third-order valence-electron chi connectivity index (χ3n) is 2.81. The zero-order chi connectivity index (χ0) is 18.6. The van der Waals surface area contributed by atoms with Crippen molar-refractivity contribution in [1.82, 2.24) is 19.9 Å². The van der Waals surface area contributed by atoms with Crippen molar-refractivity contribution in [2.45, 2.75) is 6.92 Å². The molecule has 0 saturated carbocycles. The molecule has 10 nitrogen and oxygen atoms in total. The number of para-hydroxylation sites is 1. The van der Waals surface area contributed by atoms with Crippen molar-refractivity contribution in [3.63, 3.8) is 0 Å². The Morgan fingerprint density at radius 3 is 2.60 bits per heavy atom. The molecular weight excluding hydrogens is 417 g/mol. The molecule has 0 aliphatic carbocycles. The van der Waals surface area contributed by atoms with Gasteiger partial charge in [-0.25, -0.2) is 15.0 Å². The molecule has 0 saturated heterocycles. The van der Waals surface area contributed by atoms with Gasteiger partial charge in [0.2, 0.25) is 0 Å². The first-order valence-electron chi connectivity index (χ1n) is 6.65. The first kappa shape index (κ1) is 18.9. The number of carbonyl (C=O) groups is 1. The predicted molar refractivity (Wildman–Crippen MR) is 89.6 cm³/mol. The van der Waals surface area contributed by atoms with Crippen LogP contribution in [0.3, 0.4) is 0 Å². The first-order chi connectivity index (χ1) is 11.7. The van der Waals surface area contributed by atoms with E-state index in [1.165, 1.54) is 37.8 Å². The van der Waals surface area contributed by atoms with Crippen molar-refractivity contribution in [3.05, 3.63) is 36.0 Å². The molecule has 132 valence electrons. The van der Waals surface area contributed by atoms with Crippen molar-refractivity contribution in [3.8, 4) is 5.75 Å². The predicted octanol–water partition coefficient (Wildman–Crippen LogP) is -0.0821. The molecule has 12 heteroatoms. The molecule has 0 radical (unpaired) electrons. The van der Waals surface area contributed by atoms with Gasteiger partial charge in [0, 0.05) is 0 Å². The fraction of sp³-hybridized carbons (Fsp3) is 0.0769. The quantitative estimate of drug-likeness (QED) is 0.215. The van der Waals surface area contributed by atoms with Gasteiger partial charge >= 0.3 is 88.1 Å². The maximum absolute atomic E-state index is 11.1. The van der Waals surface area contributed by atoms with Crippen molar-refractivity contribution in [2.75, 3.05) is 5.32 Å². The number of hydrogen-bond acceptors (Lipinski definition) is 6. The monoisotopic (exact) mass is 429 g/mol. The Kier molecular flexibility index (Phi) is 5.80. The average Bonchev–Trinajstić information content (AvgIpc) is 2.98. The Morgan fingerprint density at radius 2 is 2.00 bits per heavy atom. The van der Waals surface area contributed by atoms with Crippen LogP contribution in [0.4, 0.5) is 5.69 Å². The molecule has 0 unspecified atom stereocenters. The van der Waals surface area contributed by atoms with Crippen LogP contribution >= 0.6 is 11.6 Å². The van der Waals surface area contributed by atoms with Crippen LogP contribution in [-0.2, 0) is 8.53 Å². The molecule has 0 aliphatic heterocycles. The number of amides is 1. The van der Waals surface area contributed by atoms with Crippen molar-refractivity contribution in [1.29, 1.82) is 0 Å². The number of fused-ring (bicyclic) bond motifs is 1. The Morgan fingerprint density at radius 1 is 1.28 bits per heavy atom. The van der Waals surface area contributed by atoms with Crippen LogP contribution in [-0.4, -0.2) is 53.3 Å². The van der Waals surface area contributed by atoms with E-state index in [-0.39, 0.29) is 15.8 Å². The summed E-state index contributed by atoms with van der Waals surface area (Å²) in [5.74, 6) is -0.880. The molecule has 1 amide bonds. The van der Waals surface area contributed by atoms with E-state index in [1.807, 2.05) is 0 Å². The summed E-state index contributed by atoms with van der Waals surface area (Å²) in [7, 11) is 0. The third kappa shape index (κ3) is 4.80. The summed E-state index contributed by atoms with van der Waals surface area (Å²) in [5, 5.41) is 11.9. The number of nitrogens with one attached hydrogen (secondary N) is 2. The van der Waals surface area contributed by atoms with Crippen LogP contribution in [0.15, 0.2) is 30.9 Å². The molecule has 0 spiro atoms. The van der Waals surface area contributed by atoms with Gasteiger partial charge in [-0.1, -0.05) is 11.6 Å². The number of phenols is 1. The second-order valence-corrected chi connectivity index (χ2v) is 8.31. The van der Waals surface area contributed by atoms with Crippen LogP contribution in [0.1, 0.15) is 6.92 Å². The van der Waals surface area contributed by atoms with Crippen LogP contribution in [0.2, 0.25) is 5.15 Å². The summed E-state index contributed by atoms with van der Waals surface area (Å²) >= 11 is 0.523. The minimum atomic E-state index is -5.14. The number of aromatic amines is 1. The van der Waals surface area contributed by atoms with E-state index in [0.29, 0.717) is 16.3 Å². The number of phenolic OH excluding ortho intramolecular Hbond substituents is 1. The van der Waals surface area contributed by atoms with E-state index in [0.717, 1.165) is 0 Å². The van der Waals surface area contributed by atoms with E-state index >= 15 is 0 Å². The number of imidazole rings is 1. The number of rotatable bonds is 2. The zero-order valence-electron chi connectivity index (χ0n) is 12.7. The zero-order valence-corrected chi connectivity index (χ0v) is 15.3. The Hall–Kier alpha value is -2.39. The summed E-state index contributed by atoms with van der Waals surface area (Å²) in [4.78, 5) is 25.1. The fourth-order valence-electron chi connectivity index (χ4n) is 1.81. The van der Waals surface area contributed by atoms with Crippen LogP contribution in [0.25, 0.3) is 11.2 Å². The van der Waals surface area contributed by atoms with E-state index in [2.05, 4.69) is 25.3 Å². The summed E-state index contributed by atoms with van der Waals surface area (Å²) in [6, 6.07) is 3.71. The molecule has 3 aromatic rings. The van der Waals surface area contributed by atoms with E-state index in [1.54, 1.807) is 0 Å². The molecule has 0 bridgehead atoms. The average molecular weight is 430 g/mol. The van der Waals surface area contributed by atoms with Crippen LogP contribution in [0.5, 0.6) is 5.75 Å². The summed E-state index contributed by atoms with van der Waals surface area (Å²) in [6.07, 6.45) is 2.92. The molecular formula is C13H13AsClN5O5. The molecule has 1 aromatic carbocycles. The number of benzene rings is 1. The van der Waals surface area contributed by atoms with Gasteiger partial charge in [0.25, 0.3) is 0 Å². The Bertz CT molecular complexity index is 957. The first-order valence-corrected chi connectivity index (χ1v) is 10.4. The fourth-order valence-corrected chi connectivity index (χ4v) is 3.55. The van der Waals surface area contributed by atoms with Gasteiger partial charge in [-0.15, -0.1) is 0 Å². The molecule has 0 aliphatic rings. The summed E-state index contributed by atoms with van der Waals surface area (Å²) in [5.41, 5.74) is 1.06. The SMILES string of the molecule is CC(=O)Nc1c(O)cccc1[As](=O)(O)O.Clc1ncnc2[nH]cnc12. The van der Waals surface area contributed by atoms with Crippen molar-refractivity contribution in [2.24, 2.45) is 0 Å². The number of hydrogen-bond donors (Lipinski definition) is 5.